The van der Waals surface area contributed by atoms with Gasteiger partial charge < -0.3 is 19.2 Å². The van der Waals surface area contributed by atoms with Crippen molar-refractivity contribution >= 4 is 7.82 Å². The van der Waals surface area contributed by atoms with Crippen LogP contribution in [-0.2, 0) is 21.1 Å². The molecule has 0 aromatic rings. The minimum Gasteiger partial charge on any atom is -0.790 e. The van der Waals surface area contributed by atoms with E-state index in [0.717, 1.165) is 0 Å². The molecule has 0 aromatic heterocycles. The topological polar surface area (TPSA) is 83.4 Å². The average Bonchev–Trinajstić information content (AvgIpc) is 0.722. The smallest absolute Gasteiger partial charge is 0.0557 e. The maximum Gasteiger partial charge on any atom is 0.0557 e. The molecule has 0 bridgehead atoms. The van der Waals surface area contributed by atoms with Crippen molar-refractivity contribution in [1.29, 1.82) is 0 Å². The molecule has 1 N–H and O–H groups in total. The first-order valence-electron chi connectivity index (χ1n) is 0.748. The van der Waals surface area contributed by atoms with Crippen LogP contribution in [0.25, 0.3) is 0 Å². The first kappa shape index (κ1) is 9.78. The fourth-order valence-electron chi connectivity index (χ4n) is 0. The summed E-state index contributed by atoms with van der Waals surface area (Å²) in [5.74, 6) is 0. The quantitative estimate of drug-likeness (QED) is 0.317. The standard InChI is InChI=1S/Ni.H3O4P/c;1-5(2,3)4/h;(H3,1,2,3,4)/p-2. The van der Waals surface area contributed by atoms with Crippen LogP contribution in [0.1, 0.15) is 0 Å². The first-order valence-corrected chi connectivity index (χ1v) is 2.24. The van der Waals surface area contributed by atoms with Crippen molar-refractivity contribution in [2.75, 3.05) is 0 Å². The fourth-order valence-corrected chi connectivity index (χ4v) is 0. The maximum atomic E-state index is 8.66. The molecule has 0 unspecified atom stereocenters. The zero-order valence-electron chi connectivity index (χ0n) is 2.44. The van der Waals surface area contributed by atoms with Crippen LogP contribution in [0.15, 0.2) is 0 Å². The van der Waals surface area contributed by atoms with Crippen LogP contribution >= 0.6 is 7.82 Å². The van der Waals surface area contributed by atoms with E-state index in [1.807, 2.05) is 0 Å². The van der Waals surface area contributed by atoms with Crippen LogP contribution in [0.5, 0.6) is 0 Å². The van der Waals surface area contributed by atoms with Crippen molar-refractivity contribution in [2.45, 2.75) is 0 Å². The van der Waals surface area contributed by atoms with Crippen molar-refractivity contribution in [3.63, 3.8) is 0 Å². The normalized spacial score (nSPS) is 9.83. The number of phosphoric acid groups is 1. The summed E-state index contributed by atoms with van der Waals surface area (Å²) in [6, 6.07) is 0. The van der Waals surface area contributed by atoms with Gasteiger partial charge >= 0.3 is 0 Å². The summed E-state index contributed by atoms with van der Waals surface area (Å²) in [6.45, 7) is 0. The molecule has 4 nitrogen and oxygen atoms in total. The molecular formula is HNiO4P-2. The fraction of sp³-hybridized carbons (Fsp3) is 0. The Bertz CT molecular complexity index is 53.7. The predicted molar refractivity (Wildman–Crippen MR) is 9.83 cm³/mol. The van der Waals surface area contributed by atoms with Crippen molar-refractivity contribution in [3.05, 3.63) is 0 Å². The third-order valence-electron chi connectivity index (χ3n) is 0. The van der Waals surface area contributed by atoms with Crippen molar-refractivity contribution in [1.82, 2.24) is 0 Å². The van der Waals surface area contributed by atoms with Gasteiger partial charge in [0, 0.05) is 16.5 Å². The molecule has 0 aliphatic rings. The van der Waals surface area contributed by atoms with E-state index in [2.05, 4.69) is 0 Å². The largest absolute Gasteiger partial charge is 0.790 e. The second-order valence-corrected chi connectivity index (χ2v) is 1.41. The molecule has 0 saturated heterocycles. The molecule has 0 amide bonds. The Morgan fingerprint density at radius 2 is 1.50 bits per heavy atom. The summed E-state index contributed by atoms with van der Waals surface area (Å²) in [5.41, 5.74) is 0. The van der Waals surface area contributed by atoms with Gasteiger partial charge in [0.2, 0.25) is 0 Å². The van der Waals surface area contributed by atoms with E-state index in [9.17, 15) is 0 Å². The Morgan fingerprint density at radius 3 is 1.50 bits per heavy atom. The minimum absolute atomic E-state index is 0. The van der Waals surface area contributed by atoms with Gasteiger partial charge in [0.25, 0.3) is 0 Å². The van der Waals surface area contributed by atoms with E-state index in [1.165, 1.54) is 0 Å². The summed E-state index contributed by atoms with van der Waals surface area (Å²) < 4.78 is 8.66. The van der Waals surface area contributed by atoms with E-state index in [0.29, 0.717) is 0 Å². The zero-order chi connectivity index (χ0) is 4.50. The molecule has 0 radical (unpaired) electrons. The summed E-state index contributed by atoms with van der Waals surface area (Å²) in [4.78, 5) is 24.3. The summed E-state index contributed by atoms with van der Waals surface area (Å²) in [6.07, 6.45) is 0. The van der Waals surface area contributed by atoms with Gasteiger partial charge in [0.15, 0.2) is 0 Å². The Hall–Kier alpha value is 0.604. The first-order chi connectivity index (χ1) is 2.00. The number of hydrogen-bond donors (Lipinski definition) is 1. The number of rotatable bonds is 0. The van der Waals surface area contributed by atoms with Crippen molar-refractivity contribution in [3.8, 4) is 0 Å². The second kappa shape index (κ2) is 2.72. The third-order valence-corrected chi connectivity index (χ3v) is 0. The molecule has 0 rings (SSSR count). The van der Waals surface area contributed by atoms with Crippen LogP contribution in [0.2, 0.25) is 0 Å². The van der Waals surface area contributed by atoms with Gasteiger partial charge in [-0.2, -0.15) is 0 Å². The van der Waals surface area contributed by atoms with Gasteiger partial charge in [-0.05, 0) is 0 Å². The Labute approximate surface area is 44.4 Å². The van der Waals surface area contributed by atoms with Crippen LogP contribution in [-0.4, -0.2) is 4.89 Å². The molecule has 0 fully saturated rings. The molecule has 0 heterocycles. The van der Waals surface area contributed by atoms with E-state index >= 15 is 0 Å². The van der Waals surface area contributed by atoms with Crippen molar-refractivity contribution < 1.29 is 35.7 Å². The Morgan fingerprint density at radius 1 is 1.50 bits per heavy atom. The predicted octanol–water partition coefficient (Wildman–Crippen LogP) is -2.20. The molecule has 0 atom stereocenters. The molecule has 0 saturated carbocycles. The van der Waals surface area contributed by atoms with E-state index in [1.54, 1.807) is 0 Å². The summed E-state index contributed by atoms with van der Waals surface area (Å²) in [7, 11) is -5.14. The van der Waals surface area contributed by atoms with Crippen LogP contribution in [0.4, 0.5) is 0 Å². The molecule has 0 spiro atoms. The van der Waals surface area contributed by atoms with Gasteiger partial charge in [-0.25, -0.2) is 0 Å². The maximum absolute atomic E-state index is 8.66. The van der Waals surface area contributed by atoms with Crippen molar-refractivity contribution in [2.24, 2.45) is 0 Å². The minimum atomic E-state index is -5.14. The SMILES string of the molecule is O=P([O-])([O-])O.[Ni]. The van der Waals surface area contributed by atoms with Gasteiger partial charge in [0.05, 0.1) is 7.82 Å². The monoisotopic (exact) mass is 154 g/mol. The summed E-state index contributed by atoms with van der Waals surface area (Å²) in [5, 5.41) is 0. The van der Waals surface area contributed by atoms with E-state index in [4.69, 9.17) is 19.2 Å². The average molecular weight is 155 g/mol. The zero-order valence-corrected chi connectivity index (χ0v) is 4.32. The van der Waals surface area contributed by atoms with Gasteiger partial charge in [-0.3, -0.25) is 0 Å². The third kappa shape index (κ3) is 164. The van der Waals surface area contributed by atoms with Crippen LogP contribution in [0, 0.1) is 0 Å². The Kier molecular flexibility index (Phi) is 4.44. The van der Waals surface area contributed by atoms with E-state index < -0.39 is 7.82 Å². The molecule has 42 valence electrons. The molecule has 0 aromatic carbocycles. The molecule has 0 aliphatic heterocycles. The van der Waals surface area contributed by atoms with Crippen LogP contribution in [0.3, 0.4) is 0 Å². The van der Waals surface area contributed by atoms with Gasteiger partial charge in [-0.1, -0.05) is 0 Å². The molecular weight excluding hydrogens is 154 g/mol. The summed E-state index contributed by atoms with van der Waals surface area (Å²) >= 11 is 0. The Balaban J connectivity index is 0. The van der Waals surface area contributed by atoms with Gasteiger partial charge in [0.1, 0.15) is 0 Å². The van der Waals surface area contributed by atoms with Crippen LogP contribution < -0.4 is 9.79 Å². The molecule has 6 heteroatoms. The molecule has 6 heavy (non-hydrogen) atoms. The van der Waals surface area contributed by atoms with Gasteiger partial charge in [-0.15, -0.1) is 0 Å². The second-order valence-electron chi connectivity index (χ2n) is 0.469. The van der Waals surface area contributed by atoms with E-state index in [-0.39, 0.29) is 16.5 Å². The number of hydrogen-bond acceptors (Lipinski definition) is 3. The molecule has 0 aliphatic carbocycles.